The van der Waals surface area contributed by atoms with Crippen molar-refractivity contribution in [1.82, 2.24) is 9.80 Å². The van der Waals surface area contributed by atoms with Crippen LogP contribution in [0.25, 0.3) is 0 Å². The van der Waals surface area contributed by atoms with Crippen LogP contribution in [0.4, 0.5) is 5.69 Å². The first kappa shape index (κ1) is 32.4. The molecule has 0 unspecified atom stereocenters. The average Bonchev–Trinajstić information content (AvgIpc) is 3.60. The molecule has 0 saturated heterocycles. The minimum absolute atomic E-state index is 0.0391. The van der Waals surface area contributed by atoms with Gasteiger partial charge < -0.3 is 25.0 Å². The summed E-state index contributed by atoms with van der Waals surface area (Å²) < 4.78 is 5.70. The van der Waals surface area contributed by atoms with E-state index in [9.17, 15) is 24.4 Å². The molecule has 2 aliphatic rings. The van der Waals surface area contributed by atoms with E-state index in [-0.39, 0.29) is 48.0 Å². The Bertz CT molecular complexity index is 1390. The van der Waals surface area contributed by atoms with Gasteiger partial charge in [-0.2, -0.15) is 5.26 Å². The smallest absolute Gasteiger partial charge is 0.303 e. The number of benzene rings is 2. The number of nitriles is 1. The topological polar surface area (TPSA) is 140 Å². The van der Waals surface area contributed by atoms with E-state index in [1.807, 2.05) is 18.2 Å². The van der Waals surface area contributed by atoms with E-state index in [4.69, 9.17) is 21.4 Å². The molecule has 2 aliphatic carbocycles. The van der Waals surface area contributed by atoms with Gasteiger partial charge in [-0.05, 0) is 73.1 Å². The SMILES string of the molecule is CN(C)C(=O)CCl.CN(C)C(=O)COc1ccc2c(c1)[C@]1(CC2)C[C@H]1C(=O)Nc1cc(C#N)ccc1CCCC(=O)O. The number of nitrogens with zero attached hydrogens (tertiary/aromatic N) is 3. The normalized spacial score (nSPS) is 17.7. The number of carbonyl (C=O) groups is 4. The summed E-state index contributed by atoms with van der Waals surface area (Å²) in [5.41, 5.74) is 3.90. The third-order valence-corrected chi connectivity index (χ3v) is 7.89. The standard InChI is InChI=1S/C27H29N3O5.C4H8ClNO/c1-30(2)24(31)16-35-20-9-8-18-10-11-27(21(18)13-20)14-22(27)26(34)29-23-12-17(15-28)6-7-19(23)4-3-5-25(32)33;1-6(2)4(7)3-5/h6-9,12-13,22H,3-5,10-11,14,16H2,1-2H3,(H,29,34)(H,32,33);3H2,1-2H3/t22-,27-;/m0./s1. The van der Waals surface area contributed by atoms with Gasteiger partial charge in [0.1, 0.15) is 11.6 Å². The minimum atomic E-state index is -0.863. The van der Waals surface area contributed by atoms with Crippen LogP contribution in [0.2, 0.25) is 0 Å². The van der Waals surface area contributed by atoms with Crippen molar-refractivity contribution in [3.05, 3.63) is 58.7 Å². The summed E-state index contributed by atoms with van der Waals surface area (Å²) in [4.78, 5) is 49.3. The first-order valence-electron chi connectivity index (χ1n) is 13.7. The first-order valence-corrected chi connectivity index (χ1v) is 14.2. The van der Waals surface area contributed by atoms with Crippen molar-refractivity contribution in [2.75, 3.05) is 46.0 Å². The molecule has 3 amide bonds. The number of likely N-dealkylation sites (N-methyl/N-ethyl adjacent to an activating group) is 1. The minimum Gasteiger partial charge on any atom is -0.484 e. The van der Waals surface area contributed by atoms with E-state index in [2.05, 4.69) is 11.4 Å². The molecule has 2 aromatic rings. The van der Waals surface area contributed by atoms with Gasteiger partial charge in [0.05, 0.1) is 11.6 Å². The van der Waals surface area contributed by atoms with E-state index < -0.39 is 5.97 Å². The van der Waals surface area contributed by atoms with Crippen molar-refractivity contribution < 1.29 is 29.0 Å². The van der Waals surface area contributed by atoms with E-state index in [1.54, 1.807) is 46.4 Å². The van der Waals surface area contributed by atoms with E-state index in [1.165, 1.54) is 15.4 Å². The quantitative estimate of drug-likeness (QED) is 0.399. The Labute approximate surface area is 251 Å². The zero-order valence-electron chi connectivity index (χ0n) is 24.4. The fraction of sp³-hybridized carbons (Fsp3) is 0.452. The predicted octanol–water partition coefficient (Wildman–Crippen LogP) is 3.59. The summed E-state index contributed by atoms with van der Waals surface area (Å²) in [7, 11) is 6.71. The maximum atomic E-state index is 13.3. The molecule has 2 N–H and O–H groups in total. The zero-order valence-corrected chi connectivity index (χ0v) is 25.2. The first-order chi connectivity index (χ1) is 19.9. The number of carboxylic acid groups (broad SMARTS) is 1. The molecule has 0 aliphatic heterocycles. The molecular formula is C31H37ClN4O6. The highest BCUT2D eigenvalue weighted by atomic mass is 35.5. The molecule has 224 valence electrons. The Kier molecular flexibility index (Phi) is 10.9. The van der Waals surface area contributed by atoms with E-state index >= 15 is 0 Å². The molecule has 0 bridgehead atoms. The fourth-order valence-electron chi connectivity index (χ4n) is 5.07. The van der Waals surface area contributed by atoms with Crippen molar-refractivity contribution in [2.45, 2.75) is 43.9 Å². The van der Waals surface area contributed by atoms with Gasteiger partial charge in [0.25, 0.3) is 5.91 Å². The molecule has 2 atom stereocenters. The number of nitrogens with one attached hydrogen (secondary N) is 1. The summed E-state index contributed by atoms with van der Waals surface area (Å²) in [6.07, 6.45) is 3.49. The number of hydrogen-bond donors (Lipinski definition) is 2. The number of aliphatic carboxylic acids is 1. The number of halogens is 1. The summed E-state index contributed by atoms with van der Waals surface area (Å²) in [6.45, 7) is -0.0391. The lowest BCUT2D eigenvalue weighted by Crippen LogP contribution is -2.27. The lowest BCUT2D eigenvalue weighted by molar-refractivity contribution is -0.137. The van der Waals surface area contributed by atoms with Crippen molar-refractivity contribution in [2.24, 2.45) is 5.92 Å². The van der Waals surface area contributed by atoms with Gasteiger partial charge in [0, 0.05) is 51.6 Å². The largest absolute Gasteiger partial charge is 0.484 e. The number of carbonyl (C=O) groups excluding carboxylic acids is 3. The second-order valence-electron chi connectivity index (χ2n) is 11.0. The summed E-state index contributed by atoms with van der Waals surface area (Å²) >= 11 is 5.16. The van der Waals surface area contributed by atoms with Crippen LogP contribution in [0, 0.1) is 17.2 Å². The Hall–Kier alpha value is -4.10. The fourth-order valence-corrected chi connectivity index (χ4v) is 5.31. The van der Waals surface area contributed by atoms with Crippen LogP contribution in [0.3, 0.4) is 0 Å². The predicted molar refractivity (Wildman–Crippen MR) is 159 cm³/mol. The van der Waals surface area contributed by atoms with Gasteiger partial charge in [-0.15, -0.1) is 11.6 Å². The van der Waals surface area contributed by atoms with Crippen LogP contribution < -0.4 is 10.1 Å². The number of carboxylic acids is 1. The van der Waals surface area contributed by atoms with Crippen molar-refractivity contribution >= 4 is 41.0 Å². The highest BCUT2D eigenvalue weighted by Crippen LogP contribution is 2.62. The molecule has 0 aromatic heterocycles. The van der Waals surface area contributed by atoms with Gasteiger partial charge in [0.15, 0.2) is 6.61 Å². The number of amides is 3. The molecule has 0 radical (unpaired) electrons. The number of hydrogen-bond acceptors (Lipinski definition) is 6. The Morgan fingerprint density at radius 2 is 1.81 bits per heavy atom. The lowest BCUT2D eigenvalue weighted by atomic mass is 9.94. The summed E-state index contributed by atoms with van der Waals surface area (Å²) in [5, 5.41) is 21.2. The number of fused-ring (bicyclic) bond motifs is 2. The van der Waals surface area contributed by atoms with Crippen LogP contribution in [0.1, 0.15) is 47.9 Å². The molecule has 1 fully saturated rings. The van der Waals surface area contributed by atoms with Gasteiger partial charge in [-0.3, -0.25) is 19.2 Å². The maximum absolute atomic E-state index is 13.3. The van der Waals surface area contributed by atoms with Crippen LogP contribution in [-0.4, -0.2) is 79.3 Å². The van der Waals surface area contributed by atoms with Gasteiger partial charge in [0.2, 0.25) is 11.8 Å². The third kappa shape index (κ3) is 8.01. The van der Waals surface area contributed by atoms with E-state index in [0.717, 1.165) is 30.4 Å². The van der Waals surface area contributed by atoms with Gasteiger partial charge >= 0.3 is 5.97 Å². The Morgan fingerprint density at radius 3 is 2.40 bits per heavy atom. The Balaban J connectivity index is 0.000000616. The van der Waals surface area contributed by atoms with Gasteiger partial charge in [-0.1, -0.05) is 12.1 Å². The molecule has 1 saturated carbocycles. The number of alkyl halides is 1. The van der Waals surface area contributed by atoms with Crippen molar-refractivity contribution in [3.63, 3.8) is 0 Å². The van der Waals surface area contributed by atoms with E-state index in [0.29, 0.717) is 29.8 Å². The molecule has 42 heavy (non-hydrogen) atoms. The second-order valence-corrected chi connectivity index (χ2v) is 11.2. The number of ether oxygens (including phenoxy) is 1. The molecular weight excluding hydrogens is 560 g/mol. The summed E-state index contributed by atoms with van der Waals surface area (Å²) in [5.74, 6) is -0.634. The molecule has 4 rings (SSSR count). The van der Waals surface area contributed by atoms with Crippen LogP contribution in [0.15, 0.2) is 36.4 Å². The van der Waals surface area contributed by atoms with Gasteiger partial charge in [-0.25, -0.2) is 0 Å². The van der Waals surface area contributed by atoms with Crippen molar-refractivity contribution in [1.29, 1.82) is 5.26 Å². The zero-order chi connectivity index (χ0) is 31.0. The van der Waals surface area contributed by atoms with Crippen LogP contribution in [-0.2, 0) is 37.4 Å². The molecule has 2 aromatic carbocycles. The summed E-state index contributed by atoms with van der Waals surface area (Å²) in [6, 6.07) is 13.1. The maximum Gasteiger partial charge on any atom is 0.303 e. The molecule has 10 nitrogen and oxygen atoms in total. The third-order valence-electron chi connectivity index (χ3n) is 7.66. The van der Waals surface area contributed by atoms with Crippen LogP contribution in [0.5, 0.6) is 5.75 Å². The molecule has 0 heterocycles. The Morgan fingerprint density at radius 1 is 1.10 bits per heavy atom. The van der Waals surface area contributed by atoms with Crippen LogP contribution >= 0.6 is 11.6 Å². The molecule has 1 spiro atoms. The number of rotatable bonds is 10. The highest BCUT2D eigenvalue weighted by Gasteiger charge is 2.61. The lowest BCUT2D eigenvalue weighted by Gasteiger charge is -2.16. The molecule has 11 heteroatoms. The monoisotopic (exact) mass is 596 g/mol. The number of aryl methyl sites for hydroxylation is 2. The van der Waals surface area contributed by atoms with Crippen molar-refractivity contribution in [3.8, 4) is 11.8 Å². The highest BCUT2D eigenvalue weighted by molar-refractivity contribution is 6.27. The average molecular weight is 597 g/mol. The number of anilines is 1. The second kappa shape index (κ2) is 14.2.